The molecule has 1 aliphatic heterocycles. The highest BCUT2D eigenvalue weighted by atomic mass is 16.5. The molecule has 0 radical (unpaired) electrons. The number of hydrogen-bond acceptors (Lipinski definition) is 4. The second-order valence-electron chi connectivity index (χ2n) is 5.18. The van der Waals surface area contributed by atoms with Crippen LogP contribution in [0.3, 0.4) is 0 Å². The van der Waals surface area contributed by atoms with Gasteiger partial charge in [0.15, 0.2) is 5.82 Å². The van der Waals surface area contributed by atoms with Crippen LogP contribution in [-0.2, 0) is 4.74 Å². The summed E-state index contributed by atoms with van der Waals surface area (Å²) in [6.07, 6.45) is 9.09. The van der Waals surface area contributed by atoms with Crippen LogP contribution < -0.4 is 5.73 Å². The van der Waals surface area contributed by atoms with Gasteiger partial charge in [0.25, 0.3) is 0 Å². The van der Waals surface area contributed by atoms with E-state index in [1.807, 2.05) is 10.8 Å². The summed E-state index contributed by atoms with van der Waals surface area (Å²) in [7, 11) is 0. The maximum absolute atomic E-state index is 8.77. The maximum Gasteiger partial charge on any atom is 0.206 e. The van der Waals surface area contributed by atoms with Gasteiger partial charge >= 0.3 is 0 Å². The molecular formula is C12H18N4O2. The van der Waals surface area contributed by atoms with Crippen molar-refractivity contribution in [3.63, 3.8) is 0 Å². The molecule has 6 heteroatoms. The van der Waals surface area contributed by atoms with Crippen LogP contribution in [0.5, 0.6) is 0 Å². The summed E-state index contributed by atoms with van der Waals surface area (Å²) in [5.41, 5.74) is 5.72. The Labute approximate surface area is 105 Å². The Balaban J connectivity index is 1.84. The highest BCUT2D eigenvalue weighted by molar-refractivity contribution is 5.93. The van der Waals surface area contributed by atoms with Gasteiger partial charge in [-0.2, -0.15) is 0 Å². The van der Waals surface area contributed by atoms with E-state index in [0.29, 0.717) is 11.9 Å². The molecule has 0 amide bonds. The Morgan fingerprint density at radius 1 is 1.61 bits per heavy atom. The molecule has 6 nitrogen and oxygen atoms in total. The maximum atomic E-state index is 8.77. The fraction of sp³-hybridized carbons (Fsp3) is 0.667. The molecule has 0 bridgehead atoms. The van der Waals surface area contributed by atoms with Gasteiger partial charge in [0.1, 0.15) is 0 Å². The molecule has 2 fully saturated rings. The van der Waals surface area contributed by atoms with E-state index < -0.39 is 0 Å². The topological polar surface area (TPSA) is 85.7 Å². The molecule has 1 aromatic heterocycles. The molecule has 1 aromatic rings. The lowest BCUT2D eigenvalue weighted by Crippen LogP contribution is -2.46. The SMILES string of the molecule is NC(=NO)c1nccn1C1CCOC2(CCC2)C1. The first-order valence-corrected chi connectivity index (χ1v) is 6.39. The van der Waals surface area contributed by atoms with Crippen LogP contribution in [0.25, 0.3) is 0 Å². The Morgan fingerprint density at radius 2 is 2.44 bits per heavy atom. The van der Waals surface area contributed by atoms with Crippen LogP contribution >= 0.6 is 0 Å². The van der Waals surface area contributed by atoms with Crippen molar-refractivity contribution in [2.24, 2.45) is 10.9 Å². The fourth-order valence-electron chi connectivity index (χ4n) is 3.01. The Kier molecular flexibility index (Phi) is 2.74. The number of ether oxygens (including phenoxy) is 1. The minimum atomic E-state index is 0.0640. The van der Waals surface area contributed by atoms with E-state index in [9.17, 15) is 0 Å². The van der Waals surface area contributed by atoms with E-state index in [-0.39, 0.29) is 11.4 Å². The van der Waals surface area contributed by atoms with Gasteiger partial charge in [0.2, 0.25) is 5.84 Å². The van der Waals surface area contributed by atoms with Gasteiger partial charge in [-0.05, 0) is 32.1 Å². The number of imidazole rings is 1. The summed E-state index contributed by atoms with van der Waals surface area (Å²) in [6.45, 7) is 0.776. The van der Waals surface area contributed by atoms with Crippen LogP contribution in [0.15, 0.2) is 17.5 Å². The average Bonchev–Trinajstić information content (AvgIpc) is 2.85. The summed E-state index contributed by atoms with van der Waals surface area (Å²) in [5, 5.41) is 11.8. The van der Waals surface area contributed by atoms with Crippen molar-refractivity contribution in [3.05, 3.63) is 18.2 Å². The van der Waals surface area contributed by atoms with Gasteiger partial charge in [-0.25, -0.2) is 4.98 Å². The third-order valence-corrected chi connectivity index (χ3v) is 4.13. The normalized spacial score (nSPS) is 27.1. The number of amidine groups is 1. The summed E-state index contributed by atoms with van der Waals surface area (Å²) >= 11 is 0. The predicted molar refractivity (Wildman–Crippen MR) is 65.5 cm³/mol. The molecule has 0 aromatic carbocycles. The van der Waals surface area contributed by atoms with Crippen molar-refractivity contribution in [1.29, 1.82) is 0 Å². The molecule has 2 aliphatic rings. The zero-order chi connectivity index (χ0) is 12.6. The van der Waals surface area contributed by atoms with Gasteiger partial charge in [-0.15, -0.1) is 0 Å². The lowest BCUT2D eigenvalue weighted by Gasteiger charge is -2.47. The van der Waals surface area contributed by atoms with E-state index in [1.165, 1.54) is 6.42 Å². The van der Waals surface area contributed by atoms with E-state index >= 15 is 0 Å². The van der Waals surface area contributed by atoms with Crippen molar-refractivity contribution in [2.45, 2.75) is 43.7 Å². The molecule has 3 rings (SSSR count). The van der Waals surface area contributed by atoms with Gasteiger partial charge in [-0.3, -0.25) is 0 Å². The summed E-state index contributed by atoms with van der Waals surface area (Å²) in [5.74, 6) is 0.605. The molecule has 1 saturated carbocycles. The standard InChI is InChI=1S/C12H18N4O2/c13-10(15-17)11-14-5-6-16(11)9-2-7-18-12(8-9)3-1-4-12/h5-6,9,17H,1-4,7-8H2,(H2,13,15). The molecule has 18 heavy (non-hydrogen) atoms. The Bertz CT molecular complexity index is 464. The van der Waals surface area contributed by atoms with E-state index in [2.05, 4.69) is 10.1 Å². The van der Waals surface area contributed by atoms with Crippen molar-refractivity contribution >= 4 is 5.84 Å². The third-order valence-electron chi connectivity index (χ3n) is 4.13. The number of oxime groups is 1. The molecule has 3 N–H and O–H groups in total. The van der Waals surface area contributed by atoms with E-state index in [1.54, 1.807) is 6.20 Å². The predicted octanol–water partition coefficient (Wildman–Crippen LogP) is 1.25. The Hall–Kier alpha value is -1.56. The largest absolute Gasteiger partial charge is 0.409 e. The Morgan fingerprint density at radius 3 is 3.11 bits per heavy atom. The molecule has 1 atom stereocenters. The van der Waals surface area contributed by atoms with Crippen LogP contribution in [0.4, 0.5) is 0 Å². The number of hydrogen-bond donors (Lipinski definition) is 2. The smallest absolute Gasteiger partial charge is 0.206 e. The molecule has 1 aliphatic carbocycles. The van der Waals surface area contributed by atoms with Crippen LogP contribution in [-0.4, -0.2) is 32.8 Å². The summed E-state index contributed by atoms with van der Waals surface area (Å²) < 4.78 is 7.92. The fourth-order valence-corrected chi connectivity index (χ4v) is 3.01. The van der Waals surface area contributed by atoms with Crippen molar-refractivity contribution < 1.29 is 9.94 Å². The van der Waals surface area contributed by atoms with Crippen LogP contribution in [0, 0.1) is 0 Å². The number of rotatable bonds is 2. The lowest BCUT2D eigenvalue weighted by molar-refractivity contribution is -0.140. The number of aromatic nitrogens is 2. The monoisotopic (exact) mass is 250 g/mol. The first-order valence-electron chi connectivity index (χ1n) is 6.39. The highest BCUT2D eigenvalue weighted by Gasteiger charge is 2.43. The quantitative estimate of drug-likeness (QED) is 0.358. The van der Waals surface area contributed by atoms with Crippen LogP contribution in [0.1, 0.15) is 44.0 Å². The molecule has 2 heterocycles. The second-order valence-corrected chi connectivity index (χ2v) is 5.18. The molecule has 1 saturated heterocycles. The second kappa shape index (κ2) is 4.28. The average molecular weight is 250 g/mol. The first kappa shape index (κ1) is 11.5. The summed E-state index contributed by atoms with van der Waals surface area (Å²) in [4.78, 5) is 4.16. The summed E-state index contributed by atoms with van der Waals surface area (Å²) in [6, 6.07) is 0.330. The molecule has 98 valence electrons. The van der Waals surface area contributed by atoms with E-state index in [0.717, 1.165) is 32.3 Å². The minimum absolute atomic E-state index is 0.0640. The van der Waals surface area contributed by atoms with E-state index in [4.69, 9.17) is 15.7 Å². The van der Waals surface area contributed by atoms with Crippen LogP contribution in [0.2, 0.25) is 0 Å². The zero-order valence-corrected chi connectivity index (χ0v) is 10.2. The third kappa shape index (κ3) is 1.77. The van der Waals surface area contributed by atoms with Gasteiger partial charge < -0.3 is 20.2 Å². The highest BCUT2D eigenvalue weighted by Crippen LogP contribution is 2.45. The molecule has 1 spiro atoms. The number of nitrogens with two attached hydrogens (primary N) is 1. The molecule has 1 unspecified atom stereocenters. The van der Waals surface area contributed by atoms with Crippen molar-refractivity contribution in [2.75, 3.05) is 6.61 Å². The minimum Gasteiger partial charge on any atom is -0.409 e. The zero-order valence-electron chi connectivity index (χ0n) is 10.2. The van der Waals surface area contributed by atoms with Gasteiger partial charge in [0, 0.05) is 25.0 Å². The number of nitrogens with zero attached hydrogens (tertiary/aromatic N) is 3. The van der Waals surface area contributed by atoms with Gasteiger partial charge in [-0.1, -0.05) is 5.16 Å². The van der Waals surface area contributed by atoms with Crippen molar-refractivity contribution in [3.8, 4) is 0 Å². The van der Waals surface area contributed by atoms with Crippen molar-refractivity contribution in [1.82, 2.24) is 9.55 Å². The molecular weight excluding hydrogens is 232 g/mol. The lowest BCUT2D eigenvalue weighted by atomic mass is 9.74. The van der Waals surface area contributed by atoms with Gasteiger partial charge in [0.05, 0.1) is 5.60 Å². The first-order chi connectivity index (χ1) is 8.74.